The van der Waals surface area contributed by atoms with Crippen LogP contribution in [0, 0.1) is 0 Å². The summed E-state index contributed by atoms with van der Waals surface area (Å²) in [4.78, 5) is 16.6. The maximum Gasteiger partial charge on any atom is 0.261 e. The first-order valence-electron chi connectivity index (χ1n) is 6.65. The fourth-order valence-electron chi connectivity index (χ4n) is 1.90. The van der Waals surface area contributed by atoms with Crippen LogP contribution in [0.25, 0.3) is 10.9 Å². The minimum Gasteiger partial charge on any atom is -0.380 e. The van der Waals surface area contributed by atoms with Gasteiger partial charge in [-0.25, -0.2) is 4.98 Å². The lowest BCUT2D eigenvalue weighted by atomic mass is 10.2. The molecule has 0 aliphatic heterocycles. The molecular formula is C14H18BrN3O2. The largest absolute Gasteiger partial charge is 0.380 e. The van der Waals surface area contributed by atoms with Crippen molar-refractivity contribution in [1.82, 2.24) is 14.9 Å². The van der Waals surface area contributed by atoms with Gasteiger partial charge in [0.2, 0.25) is 0 Å². The van der Waals surface area contributed by atoms with Crippen LogP contribution in [0.15, 0.2) is 33.8 Å². The van der Waals surface area contributed by atoms with E-state index in [1.807, 2.05) is 25.1 Å². The maximum atomic E-state index is 12.3. The van der Waals surface area contributed by atoms with Gasteiger partial charge in [-0.15, -0.1) is 0 Å². The van der Waals surface area contributed by atoms with Crippen molar-refractivity contribution in [2.75, 3.05) is 26.3 Å². The molecule has 5 nitrogen and oxygen atoms in total. The van der Waals surface area contributed by atoms with Crippen molar-refractivity contribution >= 4 is 26.8 Å². The third kappa shape index (κ3) is 3.88. The van der Waals surface area contributed by atoms with Gasteiger partial charge in [0.1, 0.15) is 0 Å². The Morgan fingerprint density at radius 2 is 2.25 bits per heavy atom. The van der Waals surface area contributed by atoms with Gasteiger partial charge in [0.05, 0.1) is 23.8 Å². The molecular weight excluding hydrogens is 322 g/mol. The van der Waals surface area contributed by atoms with Crippen LogP contribution in [0.2, 0.25) is 0 Å². The molecule has 6 heteroatoms. The van der Waals surface area contributed by atoms with Gasteiger partial charge in [-0.1, -0.05) is 15.9 Å². The number of benzene rings is 1. The third-order valence-corrected chi connectivity index (χ3v) is 3.44. The first kappa shape index (κ1) is 15.2. The van der Waals surface area contributed by atoms with E-state index in [1.165, 1.54) is 0 Å². The van der Waals surface area contributed by atoms with Gasteiger partial charge in [-0.2, -0.15) is 0 Å². The van der Waals surface area contributed by atoms with Gasteiger partial charge >= 0.3 is 0 Å². The first-order valence-corrected chi connectivity index (χ1v) is 7.45. The van der Waals surface area contributed by atoms with Gasteiger partial charge in [-0.05, 0) is 25.1 Å². The molecule has 0 atom stereocenters. The SMILES string of the molecule is CCOCCNCCn1cnc2ccc(Br)cc2c1=O. The molecule has 1 aromatic carbocycles. The fourth-order valence-corrected chi connectivity index (χ4v) is 2.26. The van der Waals surface area contributed by atoms with E-state index in [4.69, 9.17) is 4.74 Å². The lowest BCUT2D eigenvalue weighted by molar-refractivity contribution is 0.149. The molecule has 0 unspecified atom stereocenters. The third-order valence-electron chi connectivity index (χ3n) is 2.94. The van der Waals surface area contributed by atoms with Gasteiger partial charge in [-0.3, -0.25) is 9.36 Å². The number of ether oxygens (including phenoxy) is 1. The Balaban J connectivity index is 2.00. The number of hydrogen-bond acceptors (Lipinski definition) is 4. The van der Waals surface area contributed by atoms with Crippen molar-refractivity contribution in [1.29, 1.82) is 0 Å². The molecule has 0 bridgehead atoms. The quantitative estimate of drug-likeness (QED) is 0.781. The maximum absolute atomic E-state index is 12.3. The number of hydrogen-bond donors (Lipinski definition) is 1. The van der Waals surface area contributed by atoms with Crippen molar-refractivity contribution < 1.29 is 4.74 Å². The Morgan fingerprint density at radius 1 is 1.40 bits per heavy atom. The van der Waals surface area contributed by atoms with Crippen molar-refractivity contribution in [2.24, 2.45) is 0 Å². The second-order valence-corrected chi connectivity index (χ2v) is 5.27. The second kappa shape index (κ2) is 7.52. The minimum absolute atomic E-state index is 0.0112. The summed E-state index contributed by atoms with van der Waals surface area (Å²) in [6.45, 7) is 5.49. The van der Waals surface area contributed by atoms with E-state index >= 15 is 0 Å². The average molecular weight is 340 g/mol. The predicted molar refractivity (Wildman–Crippen MR) is 83.1 cm³/mol. The molecule has 0 aliphatic rings. The lowest BCUT2D eigenvalue weighted by Gasteiger charge is -2.08. The standard InChI is InChI=1S/C14H18BrN3O2/c1-2-20-8-6-16-5-7-18-10-17-13-4-3-11(15)9-12(13)14(18)19/h3-4,9-10,16H,2,5-8H2,1H3. The fraction of sp³-hybridized carbons (Fsp3) is 0.429. The van der Waals surface area contributed by atoms with Crippen LogP contribution in [-0.4, -0.2) is 35.9 Å². The molecule has 0 fully saturated rings. The summed E-state index contributed by atoms with van der Waals surface area (Å²) >= 11 is 3.38. The minimum atomic E-state index is -0.0112. The summed E-state index contributed by atoms with van der Waals surface area (Å²) in [6.07, 6.45) is 1.60. The number of halogens is 1. The topological polar surface area (TPSA) is 56.1 Å². The molecule has 0 saturated carbocycles. The van der Waals surface area contributed by atoms with E-state index in [1.54, 1.807) is 10.9 Å². The summed E-state index contributed by atoms with van der Waals surface area (Å²) in [5, 5.41) is 3.87. The highest BCUT2D eigenvalue weighted by Crippen LogP contribution is 2.14. The van der Waals surface area contributed by atoms with Gasteiger partial charge in [0, 0.05) is 30.7 Å². The number of nitrogens with one attached hydrogen (secondary N) is 1. The van der Waals surface area contributed by atoms with Crippen LogP contribution in [0.3, 0.4) is 0 Å². The summed E-state index contributed by atoms with van der Waals surface area (Å²) in [6, 6.07) is 5.53. The average Bonchev–Trinajstić information content (AvgIpc) is 2.45. The van der Waals surface area contributed by atoms with Crippen LogP contribution < -0.4 is 10.9 Å². The Hall–Kier alpha value is -1.24. The molecule has 1 heterocycles. The normalized spacial score (nSPS) is 11.1. The van der Waals surface area contributed by atoms with E-state index in [0.717, 1.165) is 23.1 Å². The Bertz CT molecular complexity index is 627. The Labute approximate surface area is 126 Å². The van der Waals surface area contributed by atoms with Gasteiger partial charge < -0.3 is 10.1 Å². The molecule has 2 rings (SSSR count). The first-order chi connectivity index (χ1) is 9.72. The van der Waals surface area contributed by atoms with Gasteiger partial charge in [0.15, 0.2) is 0 Å². The smallest absolute Gasteiger partial charge is 0.261 e. The molecule has 0 radical (unpaired) electrons. The van der Waals surface area contributed by atoms with Crippen LogP contribution in [-0.2, 0) is 11.3 Å². The van der Waals surface area contributed by atoms with Crippen molar-refractivity contribution in [2.45, 2.75) is 13.5 Å². The molecule has 0 spiro atoms. The van der Waals surface area contributed by atoms with Crippen molar-refractivity contribution in [3.05, 3.63) is 39.4 Å². The van der Waals surface area contributed by atoms with Crippen molar-refractivity contribution in [3.63, 3.8) is 0 Å². The molecule has 108 valence electrons. The molecule has 0 aliphatic carbocycles. The highest BCUT2D eigenvalue weighted by molar-refractivity contribution is 9.10. The summed E-state index contributed by atoms with van der Waals surface area (Å²) in [7, 11) is 0. The highest BCUT2D eigenvalue weighted by Gasteiger charge is 2.04. The lowest BCUT2D eigenvalue weighted by Crippen LogP contribution is -2.29. The number of fused-ring (bicyclic) bond motifs is 1. The molecule has 1 N–H and O–H groups in total. The molecule has 2 aromatic rings. The molecule has 20 heavy (non-hydrogen) atoms. The van der Waals surface area contributed by atoms with Crippen LogP contribution in [0.4, 0.5) is 0 Å². The number of aromatic nitrogens is 2. The zero-order chi connectivity index (χ0) is 14.4. The van der Waals surface area contributed by atoms with Crippen molar-refractivity contribution in [3.8, 4) is 0 Å². The highest BCUT2D eigenvalue weighted by atomic mass is 79.9. The molecule has 0 saturated heterocycles. The second-order valence-electron chi connectivity index (χ2n) is 4.35. The van der Waals surface area contributed by atoms with Crippen LogP contribution in [0.5, 0.6) is 0 Å². The van der Waals surface area contributed by atoms with E-state index < -0.39 is 0 Å². The summed E-state index contributed by atoms with van der Waals surface area (Å²) < 4.78 is 7.74. The molecule has 1 aromatic heterocycles. The van der Waals surface area contributed by atoms with Crippen LogP contribution in [0.1, 0.15) is 6.92 Å². The molecule has 0 amide bonds. The zero-order valence-corrected chi connectivity index (χ0v) is 13.0. The van der Waals surface area contributed by atoms with E-state index in [9.17, 15) is 4.79 Å². The summed E-state index contributed by atoms with van der Waals surface area (Å²) in [5.41, 5.74) is 0.710. The summed E-state index contributed by atoms with van der Waals surface area (Å²) in [5.74, 6) is 0. The Morgan fingerprint density at radius 3 is 3.05 bits per heavy atom. The number of nitrogens with zero attached hydrogens (tertiary/aromatic N) is 2. The predicted octanol–water partition coefficient (Wildman–Crippen LogP) is 1.79. The van der Waals surface area contributed by atoms with E-state index in [-0.39, 0.29) is 5.56 Å². The van der Waals surface area contributed by atoms with Gasteiger partial charge in [0.25, 0.3) is 5.56 Å². The number of rotatable bonds is 7. The van der Waals surface area contributed by atoms with E-state index in [2.05, 4.69) is 26.2 Å². The zero-order valence-electron chi connectivity index (χ0n) is 11.4. The monoisotopic (exact) mass is 339 g/mol. The van der Waals surface area contributed by atoms with Crippen LogP contribution >= 0.6 is 15.9 Å². The van der Waals surface area contributed by atoms with E-state index in [0.29, 0.717) is 25.1 Å². The Kier molecular flexibility index (Phi) is 5.70.